The molecule has 2 aliphatic carbocycles. The highest BCUT2D eigenvalue weighted by Crippen LogP contribution is 2.48. The van der Waals surface area contributed by atoms with Crippen molar-refractivity contribution >= 4 is 9.84 Å². The van der Waals surface area contributed by atoms with E-state index in [1.165, 1.54) is 42.6 Å². The first-order chi connectivity index (χ1) is 16.5. The quantitative estimate of drug-likeness (QED) is 0.518. The van der Waals surface area contributed by atoms with E-state index in [2.05, 4.69) is 58.4 Å². The Balaban J connectivity index is 1.27. The van der Waals surface area contributed by atoms with Crippen LogP contribution in [0.4, 0.5) is 0 Å². The van der Waals surface area contributed by atoms with Crippen LogP contribution in [0, 0.1) is 11.8 Å². The van der Waals surface area contributed by atoms with Crippen molar-refractivity contribution in [3.8, 4) is 0 Å². The lowest BCUT2D eigenvalue weighted by Gasteiger charge is -2.40. The second-order valence-electron chi connectivity index (χ2n) is 10.6. The van der Waals surface area contributed by atoms with Crippen LogP contribution < -0.4 is 0 Å². The number of likely N-dealkylation sites (tertiary alicyclic amines) is 1. The Morgan fingerprint density at radius 3 is 2.56 bits per heavy atom. The zero-order valence-electron chi connectivity index (χ0n) is 19.8. The number of hydrogen-bond acceptors (Lipinski definition) is 4. The van der Waals surface area contributed by atoms with Gasteiger partial charge in [0.2, 0.25) is 0 Å². The summed E-state index contributed by atoms with van der Waals surface area (Å²) in [5.74, 6) is 2.41. The fourth-order valence-electron chi connectivity index (χ4n) is 6.25. The van der Waals surface area contributed by atoms with Crippen LogP contribution in [0.15, 0.2) is 66.1 Å². The van der Waals surface area contributed by atoms with Gasteiger partial charge >= 0.3 is 0 Å². The second-order valence-corrected chi connectivity index (χ2v) is 12.6. The number of benzene rings is 2. The van der Waals surface area contributed by atoms with Gasteiger partial charge in [0.15, 0.2) is 14.9 Å². The van der Waals surface area contributed by atoms with Crippen molar-refractivity contribution < 1.29 is 8.42 Å². The first kappa shape index (κ1) is 22.1. The molecule has 2 aromatic carbocycles. The van der Waals surface area contributed by atoms with E-state index >= 15 is 0 Å². The highest BCUT2D eigenvalue weighted by Gasteiger charge is 2.48. The van der Waals surface area contributed by atoms with Gasteiger partial charge in [-0.3, -0.25) is 4.90 Å². The maximum Gasteiger partial charge on any atom is 0.197 e. The molecule has 3 aromatic rings. The van der Waals surface area contributed by atoms with E-state index in [9.17, 15) is 8.42 Å². The summed E-state index contributed by atoms with van der Waals surface area (Å²) in [5, 5.41) is 0.169. The Labute approximate surface area is 202 Å². The summed E-state index contributed by atoms with van der Waals surface area (Å²) in [6.45, 7) is 2.52. The van der Waals surface area contributed by atoms with Crippen LogP contribution in [0.2, 0.25) is 0 Å². The van der Waals surface area contributed by atoms with E-state index < -0.39 is 9.84 Å². The minimum absolute atomic E-state index is 0.0884. The van der Waals surface area contributed by atoms with Crippen molar-refractivity contribution in [3.63, 3.8) is 0 Å². The van der Waals surface area contributed by atoms with E-state index in [4.69, 9.17) is 0 Å². The molecule has 1 saturated heterocycles. The van der Waals surface area contributed by atoms with Gasteiger partial charge in [-0.05, 0) is 66.2 Å². The van der Waals surface area contributed by atoms with Gasteiger partial charge in [-0.15, -0.1) is 0 Å². The molecule has 4 atom stereocenters. The van der Waals surface area contributed by atoms with Crippen LogP contribution in [0.1, 0.15) is 41.0 Å². The van der Waals surface area contributed by atoms with Crippen molar-refractivity contribution in [2.75, 3.05) is 18.8 Å². The molecule has 0 amide bonds. The largest absolute Gasteiger partial charge is 0.339 e. The fraction of sp³-hybridized carbons (Fsp3) is 0.464. The van der Waals surface area contributed by atoms with Gasteiger partial charge in [0.1, 0.15) is 0 Å². The molecule has 178 valence electrons. The summed E-state index contributed by atoms with van der Waals surface area (Å²) in [7, 11) is -1.59. The number of aromatic nitrogens is 2. The molecule has 0 radical (unpaired) electrons. The maximum absolute atomic E-state index is 12.8. The lowest BCUT2D eigenvalue weighted by molar-refractivity contribution is 0.171. The Morgan fingerprint density at radius 2 is 1.82 bits per heavy atom. The smallest absolute Gasteiger partial charge is 0.197 e. The molecule has 1 aromatic heterocycles. The average Bonchev–Trinajstić information content (AvgIpc) is 3.21. The minimum Gasteiger partial charge on any atom is -0.339 e. The fourth-order valence-corrected chi connectivity index (χ4v) is 7.50. The topological polar surface area (TPSA) is 55.2 Å². The van der Waals surface area contributed by atoms with Gasteiger partial charge in [0.25, 0.3) is 0 Å². The number of piperidine rings is 1. The van der Waals surface area contributed by atoms with Gasteiger partial charge in [0, 0.05) is 38.3 Å². The summed E-state index contributed by atoms with van der Waals surface area (Å²) in [6.07, 6.45) is 8.45. The Morgan fingerprint density at radius 1 is 1.03 bits per heavy atom. The van der Waals surface area contributed by atoms with Crippen LogP contribution in [-0.2, 0) is 36.1 Å². The van der Waals surface area contributed by atoms with Gasteiger partial charge in [-0.25, -0.2) is 13.4 Å². The second kappa shape index (κ2) is 8.65. The summed E-state index contributed by atoms with van der Waals surface area (Å²) in [5.41, 5.74) is 5.38. The zero-order chi connectivity index (χ0) is 23.3. The molecule has 0 bridgehead atoms. The van der Waals surface area contributed by atoms with Gasteiger partial charge in [0.05, 0.1) is 12.1 Å². The Kier molecular flexibility index (Phi) is 5.61. The Bertz CT molecular complexity index is 1270. The van der Waals surface area contributed by atoms with Gasteiger partial charge in [-0.1, -0.05) is 48.5 Å². The lowest BCUT2D eigenvalue weighted by atomic mass is 9.75. The third kappa shape index (κ3) is 4.34. The molecule has 5 nitrogen and oxygen atoms in total. The van der Waals surface area contributed by atoms with Crippen LogP contribution in [0.5, 0.6) is 0 Å². The molecule has 4 unspecified atom stereocenters. The summed E-state index contributed by atoms with van der Waals surface area (Å²) in [6, 6.07) is 18.1. The molecule has 2 fully saturated rings. The Hall–Kier alpha value is -2.44. The highest BCUT2D eigenvalue weighted by molar-refractivity contribution is 7.91. The van der Waals surface area contributed by atoms with Crippen LogP contribution in [-0.4, -0.2) is 47.8 Å². The molecule has 0 N–H and O–H groups in total. The lowest BCUT2D eigenvalue weighted by Crippen LogP contribution is -2.42. The van der Waals surface area contributed by atoms with E-state index in [-0.39, 0.29) is 10.8 Å². The zero-order valence-corrected chi connectivity index (χ0v) is 20.6. The van der Waals surface area contributed by atoms with Gasteiger partial charge < -0.3 is 4.57 Å². The van der Waals surface area contributed by atoms with Crippen molar-refractivity contribution in [1.82, 2.24) is 14.5 Å². The SMILES string of the molecule is Cn1cnc(S(=O)(=O)CCc2ccc3c(c2)C(Cc2ccccc2)C(N2CC4CC4C2)CC3)c1. The van der Waals surface area contributed by atoms with Crippen molar-refractivity contribution in [2.45, 2.75) is 49.1 Å². The first-order valence-corrected chi connectivity index (χ1v) is 14.2. The van der Waals surface area contributed by atoms with Crippen molar-refractivity contribution in [3.05, 3.63) is 83.3 Å². The highest BCUT2D eigenvalue weighted by atomic mass is 32.2. The monoisotopic (exact) mass is 475 g/mol. The minimum atomic E-state index is -3.39. The van der Waals surface area contributed by atoms with E-state index in [0.717, 1.165) is 30.2 Å². The summed E-state index contributed by atoms with van der Waals surface area (Å²) >= 11 is 0. The number of aryl methyl sites for hydroxylation is 3. The van der Waals surface area contributed by atoms with Gasteiger partial charge in [-0.2, -0.15) is 0 Å². The predicted molar refractivity (Wildman–Crippen MR) is 134 cm³/mol. The number of sulfone groups is 1. The number of fused-ring (bicyclic) bond motifs is 2. The molecule has 2 heterocycles. The molecule has 3 aliphatic rings. The molecule has 1 saturated carbocycles. The number of hydrogen-bond donors (Lipinski definition) is 0. The van der Waals surface area contributed by atoms with E-state index in [0.29, 0.717) is 18.4 Å². The standard InChI is InChI=1S/C28H33N3O2S/c1-30-18-28(29-19-30)34(32,33)12-11-21-7-8-22-9-10-27(31-16-23-15-24(23)17-31)26(25(22)13-21)14-20-5-3-2-4-6-20/h2-8,13,18-19,23-24,26-27H,9-12,14-17H2,1H3. The number of imidazole rings is 1. The predicted octanol–water partition coefficient (Wildman–Crippen LogP) is 4.03. The van der Waals surface area contributed by atoms with E-state index in [1.807, 2.05) is 0 Å². The molecule has 6 rings (SSSR count). The van der Waals surface area contributed by atoms with Crippen LogP contribution in [0.25, 0.3) is 0 Å². The van der Waals surface area contributed by atoms with E-state index in [1.54, 1.807) is 24.1 Å². The molecule has 34 heavy (non-hydrogen) atoms. The molecular weight excluding hydrogens is 442 g/mol. The molecular formula is C28H33N3O2S. The summed E-state index contributed by atoms with van der Waals surface area (Å²) in [4.78, 5) is 6.83. The van der Waals surface area contributed by atoms with Crippen molar-refractivity contribution in [1.29, 1.82) is 0 Å². The van der Waals surface area contributed by atoms with Crippen LogP contribution >= 0.6 is 0 Å². The first-order valence-electron chi connectivity index (χ1n) is 12.6. The molecule has 1 aliphatic heterocycles. The molecule has 0 spiro atoms. The average molecular weight is 476 g/mol. The third-order valence-corrected chi connectivity index (χ3v) is 9.81. The van der Waals surface area contributed by atoms with Crippen LogP contribution in [0.3, 0.4) is 0 Å². The maximum atomic E-state index is 12.8. The third-order valence-electron chi connectivity index (χ3n) is 8.22. The van der Waals surface area contributed by atoms with Crippen molar-refractivity contribution in [2.24, 2.45) is 18.9 Å². The normalized spacial score (nSPS) is 26.3. The summed E-state index contributed by atoms with van der Waals surface area (Å²) < 4.78 is 27.3. The molecule has 6 heteroatoms. The number of nitrogens with zero attached hydrogens (tertiary/aromatic N) is 3. The number of rotatable bonds is 7.